The van der Waals surface area contributed by atoms with E-state index >= 15 is 0 Å². The fourth-order valence-electron chi connectivity index (χ4n) is 2.11. The first-order valence-electron chi connectivity index (χ1n) is 7.53. The second-order valence-corrected chi connectivity index (χ2v) is 5.93. The maximum Gasteiger partial charge on any atom is 0.0683 e. The van der Waals surface area contributed by atoms with Crippen LogP contribution in [0.2, 0.25) is 0 Å². The van der Waals surface area contributed by atoms with Crippen LogP contribution < -0.4 is 0 Å². The van der Waals surface area contributed by atoms with Gasteiger partial charge in [0.2, 0.25) is 0 Å². The minimum atomic E-state index is -0.111. The Morgan fingerprint density at radius 2 is 1.18 bits per heavy atom. The minimum Gasteiger partial charge on any atom is -0.198 e. The lowest BCUT2D eigenvalue weighted by Gasteiger charge is -2.14. The van der Waals surface area contributed by atoms with Crippen LogP contribution in [0, 0.1) is 16.7 Å². The van der Waals surface area contributed by atoms with Gasteiger partial charge in [0, 0.05) is 0 Å². The summed E-state index contributed by atoms with van der Waals surface area (Å²) in [7, 11) is 0. The summed E-state index contributed by atoms with van der Waals surface area (Å²) in [5, 5.41) is 8.89. The molecule has 0 heterocycles. The van der Waals surface area contributed by atoms with E-state index in [2.05, 4.69) is 13.0 Å². The zero-order valence-corrected chi connectivity index (χ0v) is 12.2. The van der Waals surface area contributed by atoms with Crippen molar-refractivity contribution < 1.29 is 0 Å². The highest BCUT2D eigenvalue weighted by Crippen LogP contribution is 2.22. The van der Waals surface area contributed by atoms with Crippen molar-refractivity contribution >= 4 is 0 Å². The molecule has 17 heavy (non-hydrogen) atoms. The Hall–Kier alpha value is -0.510. The van der Waals surface area contributed by atoms with Crippen LogP contribution in [0.4, 0.5) is 0 Å². The van der Waals surface area contributed by atoms with Crippen LogP contribution in [-0.4, -0.2) is 0 Å². The third kappa shape index (κ3) is 11.7. The summed E-state index contributed by atoms with van der Waals surface area (Å²) in [5.41, 5.74) is -0.111. The number of rotatable bonds is 11. The second kappa shape index (κ2) is 10.6. The monoisotopic (exact) mass is 237 g/mol. The van der Waals surface area contributed by atoms with Gasteiger partial charge in [-0.1, -0.05) is 71.1 Å². The number of nitrogens with zero attached hydrogens (tertiary/aromatic N) is 1. The Bertz CT molecular complexity index is 200. The van der Waals surface area contributed by atoms with E-state index in [9.17, 15) is 0 Å². The molecule has 0 aromatic heterocycles. The second-order valence-electron chi connectivity index (χ2n) is 5.93. The molecule has 0 saturated carbocycles. The molecule has 0 amide bonds. The highest BCUT2D eigenvalue weighted by Gasteiger charge is 2.14. The van der Waals surface area contributed by atoms with E-state index in [4.69, 9.17) is 5.26 Å². The van der Waals surface area contributed by atoms with Crippen molar-refractivity contribution in [2.45, 2.75) is 91.4 Å². The first kappa shape index (κ1) is 16.5. The van der Waals surface area contributed by atoms with Crippen molar-refractivity contribution in [3.63, 3.8) is 0 Å². The molecule has 0 fully saturated rings. The summed E-state index contributed by atoms with van der Waals surface area (Å²) in [6.07, 6.45) is 14.7. The van der Waals surface area contributed by atoms with Gasteiger partial charge in [-0.25, -0.2) is 0 Å². The molecule has 0 unspecified atom stereocenters. The summed E-state index contributed by atoms with van der Waals surface area (Å²) in [6.45, 7) is 6.35. The smallest absolute Gasteiger partial charge is 0.0683 e. The number of hydrogen-bond donors (Lipinski definition) is 0. The normalized spacial score (nSPS) is 11.4. The fourth-order valence-corrected chi connectivity index (χ4v) is 2.11. The predicted molar refractivity (Wildman–Crippen MR) is 75.9 cm³/mol. The van der Waals surface area contributed by atoms with Gasteiger partial charge >= 0.3 is 0 Å². The molecule has 0 N–H and O–H groups in total. The van der Waals surface area contributed by atoms with E-state index in [1.54, 1.807) is 0 Å². The molecule has 0 aromatic rings. The fraction of sp³-hybridized carbons (Fsp3) is 0.938. The maximum atomic E-state index is 8.89. The molecule has 100 valence electrons. The van der Waals surface area contributed by atoms with Crippen LogP contribution in [0.1, 0.15) is 91.4 Å². The first-order chi connectivity index (χ1) is 8.12. The van der Waals surface area contributed by atoms with E-state index < -0.39 is 0 Å². The van der Waals surface area contributed by atoms with Crippen molar-refractivity contribution in [3.05, 3.63) is 0 Å². The Labute approximate surface area is 109 Å². The van der Waals surface area contributed by atoms with E-state index in [1.165, 1.54) is 64.2 Å². The van der Waals surface area contributed by atoms with Gasteiger partial charge in [0.25, 0.3) is 0 Å². The third-order valence-electron chi connectivity index (χ3n) is 3.46. The highest BCUT2D eigenvalue weighted by atomic mass is 14.3. The summed E-state index contributed by atoms with van der Waals surface area (Å²) in [6, 6.07) is 2.37. The van der Waals surface area contributed by atoms with Crippen molar-refractivity contribution in [1.82, 2.24) is 0 Å². The summed E-state index contributed by atoms with van der Waals surface area (Å²) in [4.78, 5) is 0. The topological polar surface area (TPSA) is 23.8 Å². The Morgan fingerprint density at radius 1 is 0.765 bits per heavy atom. The van der Waals surface area contributed by atoms with E-state index in [1.807, 2.05) is 13.8 Å². The van der Waals surface area contributed by atoms with Crippen LogP contribution in [0.3, 0.4) is 0 Å². The summed E-state index contributed by atoms with van der Waals surface area (Å²) < 4.78 is 0. The van der Waals surface area contributed by atoms with Crippen molar-refractivity contribution in [2.24, 2.45) is 5.41 Å². The van der Waals surface area contributed by atoms with Crippen LogP contribution >= 0.6 is 0 Å². The molecule has 0 rings (SSSR count). The zero-order chi connectivity index (χ0) is 13.0. The van der Waals surface area contributed by atoms with Gasteiger partial charge in [-0.2, -0.15) is 5.26 Å². The molecule has 0 aliphatic rings. The standard InChI is InChI=1S/C16H31N/c1-4-5-6-7-8-9-10-11-12-13-14-16(2,3)15-17/h4-14H2,1-3H3. The maximum absolute atomic E-state index is 8.89. The third-order valence-corrected chi connectivity index (χ3v) is 3.46. The average Bonchev–Trinajstić information content (AvgIpc) is 2.31. The summed E-state index contributed by atoms with van der Waals surface area (Å²) in [5.74, 6) is 0. The van der Waals surface area contributed by atoms with Crippen LogP contribution in [0.5, 0.6) is 0 Å². The van der Waals surface area contributed by atoms with Crippen molar-refractivity contribution in [2.75, 3.05) is 0 Å². The summed E-state index contributed by atoms with van der Waals surface area (Å²) >= 11 is 0. The van der Waals surface area contributed by atoms with Gasteiger partial charge in [-0.15, -0.1) is 0 Å². The molecule has 1 nitrogen and oxygen atoms in total. The molecule has 0 aromatic carbocycles. The lowest BCUT2D eigenvalue weighted by molar-refractivity contribution is 0.418. The van der Waals surface area contributed by atoms with E-state index in [-0.39, 0.29) is 5.41 Å². The SMILES string of the molecule is CCCCCCCCCCCCC(C)(C)C#N. The van der Waals surface area contributed by atoms with Crippen molar-refractivity contribution in [3.8, 4) is 6.07 Å². The van der Waals surface area contributed by atoms with Gasteiger partial charge in [0.15, 0.2) is 0 Å². The lowest BCUT2D eigenvalue weighted by Crippen LogP contribution is -2.06. The van der Waals surface area contributed by atoms with E-state index in [0.717, 1.165) is 6.42 Å². The predicted octanol–water partition coefficient (Wildman–Crippen LogP) is 5.85. The van der Waals surface area contributed by atoms with E-state index in [0.29, 0.717) is 0 Å². The molecule has 1 heteroatoms. The lowest BCUT2D eigenvalue weighted by atomic mass is 9.88. The number of hydrogen-bond acceptors (Lipinski definition) is 1. The van der Waals surface area contributed by atoms with Gasteiger partial charge in [-0.3, -0.25) is 0 Å². The Kier molecular flexibility index (Phi) is 10.3. The van der Waals surface area contributed by atoms with Gasteiger partial charge in [-0.05, 0) is 20.3 Å². The molecule has 0 radical (unpaired) electrons. The zero-order valence-electron chi connectivity index (χ0n) is 12.2. The molecular formula is C16H31N. The molecule has 0 bridgehead atoms. The number of unbranched alkanes of at least 4 members (excludes halogenated alkanes) is 9. The first-order valence-corrected chi connectivity index (χ1v) is 7.53. The number of nitriles is 1. The molecule has 0 spiro atoms. The molecule has 0 saturated heterocycles. The van der Waals surface area contributed by atoms with Gasteiger partial charge in [0.05, 0.1) is 11.5 Å². The molecular weight excluding hydrogens is 206 g/mol. The quantitative estimate of drug-likeness (QED) is 0.414. The van der Waals surface area contributed by atoms with Gasteiger partial charge in [0.1, 0.15) is 0 Å². The van der Waals surface area contributed by atoms with Crippen molar-refractivity contribution in [1.29, 1.82) is 5.26 Å². The Morgan fingerprint density at radius 3 is 1.59 bits per heavy atom. The molecule has 0 atom stereocenters. The minimum absolute atomic E-state index is 0.111. The van der Waals surface area contributed by atoms with Crippen LogP contribution in [-0.2, 0) is 0 Å². The van der Waals surface area contributed by atoms with Gasteiger partial charge < -0.3 is 0 Å². The molecule has 0 aliphatic heterocycles. The van der Waals surface area contributed by atoms with Crippen LogP contribution in [0.25, 0.3) is 0 Å². The van der Waals surface area contributed by atoms with Crippen LogP contribution in [0.15, 0.2) is 0 Å². The Balaban J connectivity index is 3.12. The average molecular weight is 237 g/mol. The largest absolute Gasteiger partial charge is 0.198 e. The highest BCUT2D eigenvalue weighted by molar-refractivity contribution is 4.91. The molecule has 0 aliphatic carbocycles.